The van der Waals surface area contributed by atoms with Gasteiger partial charge in [-0.3, -0.25) is 14.4 Å². The summed E-state index contributed by atoms with van der Waals surface area (Å²) in [6, 6.07) is 2.83. The molecule has 3 rings (SSSR count). The lowest BCUT2D eigenvalue weighted by atomic mass is 9.92. The fraction of sp³-hybridized carbons (Fsp3) is 0.519. The SMILES string of the molecule is Cc1c(-c2cc(F)c3c(c2)N(CC(C)(C)[O-])CCO3)c(CC(=O)O)n(C)c(=O)c1C(=O)NCC(C)(C)C. The molecular formula is C27H35FN3O6-. The van der Waals surface area contributed by atoms with E-state index in [9.17, 15) is 24.6 Å². The molecule has 2 N–H and O–H groups in total. The maximum Gasteiger partial charge on any atom is 0.309 e. The van der Waals surface area contributed by atoms with Gasteiger partial charge in [-0.25, -0.2) is 4.39 Å². The monoisotopic (exact) mass is 516 g/mol. The number of nitrogens with one attached hydrogen (secondary N) is 1. The Balaban J connectivity index is 2.28. The van der Waals surface area contributed by atoms with Crippen LogP contribution in [0.1, 0.15) is 56.2 Å². The van der Waals surface area contributed by atoms with E-state index in [4.69, 9.17) is 4.74 Å². The molecule has 202 valence electrons. The number of fused-ring (bicyclic) bond motifs is 1. The molecule has 2 aromatic rings. The van der Waals surface area contributed by atoms with Gasteiger partial charge in [-0.2, -0.15) is 0 Å². The van der Waals surface area contributed by atoms with E-state index in [2.05, 4.69) is 5.32 Å². The van der Waals surface area contributed by atoms with Crippen LogP contribution in [-0.2, 0) is 18.3 Å². The fourth-order valence-corrected chi connectivity index (χ4v) is 4.50. The van der Waals surface area contributed by atoms with Gasteiger partial charge in [0.15, 0.2) is 11.6 Å². The molecule has 9 nitrogen and oxygen atoms in total. The molecular weight excluding hydrogens is 481 g/mol. The number of rotatable bonds is 7. The molecule has 37 heavy (non-hydrogen) atoms. The smallest absolute Gasteiger partial charge is 0.309 e. The van der Waals surface area contributed by atoms with E-state index in [1.165, 1.54) is 27.0 Å². The predicted octanol–water partition coefficient (Wildman–Crippen LogP) is 2.24. The lowest BCUT2D eigenvalue weighted by Crippen LogP contribution is -2.50. The van der Waals surface area contributed by atoms with Gasteiger partial charge in [0, 0.05) is 31.4 Å². The molecule has 0 aliphatic carbocycles. The Morgan fingerprint density at radius 3 is 2.43 bits per heavy atom. The molecule has 1 aliphatic heterocycles. The summed E-state index contributed by atoms with van der Waals surface area (Å²) in [5.41, 5.74) is -1.03. The average molecular weight is 517 g/mol. The second kappa shape index (κ2) is 10.2. The van der Waals surface area contributed by atoms with Gasteiger partial charge in [-0.15, -0.1) is 5.60 Å². The van der Waals surface area contributed by atoms with Crippen LogP contribution in [0.15, 0.2) is 16.9 Å². The normalized spacial score (nSPS) is 13.7. The van der Waals surface area contributed by atoms with Gasteiger partial charge in [0.05, 0.1) is 18.7 Å². The number of nitrogens with zero attached hydrogens (tertiary/aromatic N) is 2. The van der Waals surface area contributed by atoms with Gasteiger partial charge in [-0.1, -0.05) is 34.6 Å². The Kier molecular flexibility index (Phi) is 7.74. The third-order valence-electron chi connectivity index (χ3n) is 6.12. The maximum absolute atomic E-state index is 15.3. The summed E-state index contributed by atoms with van der Waals surface area (Å²) >= 11 is 0. The van der Waals surface area contributed by atoms with Gasteiger partial charge in [0.1, 0.15) is 12.2 Å². The van der Waals surface area contributed by atoms with Crippen molar-refractivity contribution in [2.24, 2.45) is 12.5 Å². The van der Waals surface area contributed by atoms with E-state index < -0.39 is 35.3 Å². The van der Waals surface area contributed by atoms with E-state index in [1.807, 2.05) is 20.8 Å². The number of aliphatic carboxylic acids is 1. The van der Waals surface area contributed by atoms with Crippen molar-refractivity contribution in [2.75, 3.05) is 31.1 Å². The molecule has 0 saturated carbocycles. The molecule has 1 amide bonds. The first-order valence-electron chi connectivity index (χ1n) is 12.1. The van der Waals surface area contributed by atoms with Crippen molar-refractivity contribution in [1.82, 2.24) is 9.88 Å². The Morgan fingerprint density at radius 2 is 1.86 bits per heavy atom. The molecule has 0 bridgehead atoms. The van der Waals surface area contributed by atoms with Crippen molar-refractivity contribution in [2.45, 2.75) is 53.6 Å². The number of carboxylic acid groups (broad SMARTS) is 1. The topological polar surface area (TPSA) is 124 Å². The number of carbonyl (C=O) groups excluding carboxylic acids is 1. The molecule has 1 aromatic heterocycles. The van der Waals surface area contributed by atoms with Gasteiger partial charge in [0.25, 0.3) is 11.5 Å². The zero-order chi connectivity index (χ0) is 27.9. The number of aromatic nitrogens is 1. The molecule has 10 heteroatoms. The van der Waals surface area contributed by atoms with Crippen LogP contribution in [0.3, 0.4) is 0 Å². The van der Waals surface area contributed by atoms with Crippen LogP contribution in [0, 0.1) is 18.2 Å². The summed E-state index contributed by atoms with van der Waals surface area (Å²) in [4.78, 5) is 39.8. The number of anilines is 1. The van der Waals surface area contributed by atoms with E-state index in [1.54, 1.807) is 17.9 Å². The van der Waals surface area contributed by atoms with E-state index in [0.29, 0.717) is 18.8 Å². The maximum atomic E-state index is 15.3. The summed E-state index contributed by atoms with van der Waals surface area (Å²) < 4.78 is 22.0. The molecule has 1 aromatic carbocycles. The molecule has 1 aliphatic rings. The van der Waals surface area contributed by atoms with Crippen molar-refractivity contribution >= 4 is 17.6 Å². The Labute approximate surface area is 215 Å². The molecule has 0 unspecified atom stereocenters. The van der Waals surface area contributed by atoms with Crippen molar-refractivity contribution < 1.29 is 28.9 Å². The average Bonchev–Trinajstić information content (AvgIpc) is 2.75. The summed E-state index contributed by atoms with van der Waals surface area (Å²) in [5, 5.41) is 24.8. The molecule has 0 radical (unpaired) electrons. The highest BCUT2D eigenvalue weighted by atomic mass is 19.1. The third kappa shape index (κ3) is 6.30. The number of ether oxygens (including phenoxy) is 1. The van der Waals surface area contributed by atoms with Gasteiger partial charge >= 0.3 is 5.97 Å². The minimum atomic E-state index is -1.32. The van der Waals surface area contributed by atoms with Gasteiger partial charge in [-0.05, 0) is 35.6 Å². The highest BCUT2D eigenvalue weighted by Crippen LogP contribution is 2.40. The second-order valence-electron chi connectivity index (χ2n) is 11.3. The highest BCUT2D eigenvalue weighted by Gasteiger charge is 2.29. The zero-order valence-corrected chi connectivity index (χ0v) is 22.5. The summed E-state index contributed by atoms with van der Waals surface area (Å²) in [6.45, 7) is 11.4. The number of amides is 1. The lowest BCUT2D eigenvalue weighted by molar-refractivity contribution is -0.461. The van der Waals surface area contributed by atoms with E-state index in [0.717, 1.165) is 4.57 Å². The Hall–Kier alpha value is -3.40. The number of halogens is 1. The number of carboxylic acids is 1. The van der Waals surface area contributed by atoms with Crippen LogP contribution < -0.4 is 25.6 Å². The van der Waals surface area contributed by atoms with Crippen LogP contribution in [0.25, 0.3) is 11.1 Å². The van der Waals surface area contributed by atoms with Crippen LogP contribution in [0.5, 0.6) is 5.75 Å². The minimum Gasteiger partial charge on any atom is -0.849 e. The van der Waals surface area contributed by atoms with Crippen molar-refractivity contribution in [3.05, 3.63) is 45.1 Å². The van der Waals surface area contributed by atoms with Crippen molar-refractivity contribution in [1.29, 1.82) is 0 Å². The largest absolute Gasteiger partial charge is 0.849 e. The first-order chi connectivity index (χ1) is 17.0. The third-order valence-corrected chi connectivity index (χ3v) is 6.12. The van der Waals surface area contributed by atoms with Crippen molar-refractivity contribution in [3.8, 4) is 16.9 Å². The van der Waals surface area contributed by atoms with Gasteiger partial charge in [0.2, 0.25) is 0 Å². The predicted molar refractivity (Wildman–Crippen MR) is 137 cm³/mol. The summed E-state index contributed by atoms with van der Waals surface area (Å²) in [5.74, 6) is -2.46. The van der Waals surface area contributed by atoms with Crippen LogP contribution in [0.4, 0.5) is 10.1 Å². The molecule has 0 spiro atoms. The lowest BCUT2D eigenvalue weighted by Gasteiger charge is -2.41. The van der Waals surface area contributed by atoms with Crippen molar-refractivity contribution in [3.63, 3.8) is 0 Å². The molecule has 0 fully saturated rings. The van der Waals surface area contributed by atoms with Crippen LogP contribution in [0.2, 0.25) is 0 Å². The second-order valence-corrected chi connectivity index (χ2v) is 11.3. The quantitative estimate of drug-likeness (QED) is 0.578. The fourth-order valence-electron chi connectivity index (χ4n) is 4.50. The number of hydrogen-bond donors (Lipinski definition) is 2. The number of hydrogen-bond acceptors (Lipinski definition) is 6. The number of pyridine rings is 1. The summed E-state index contributed by atoms with van der Waals surface area (Å²) in [7, 11) is 1.40. The first kappa shape index (κ1) is 28.2. The zero-order valence-electron chi connectivity index (χ0n) is 22.5. The molecule has 0 atom stereocenters. The summed E-state index contributed by atoms with van der Waals surface area (Å²) in [6.07, 6.45) is -0.516. The van der Waals surface area contributed by atoms with E-state index in [-0.39, 0.29) is 52.3 Å². The number of benzene rings is 1. The minimum absolute atomic E-state index is 0.00431. The van der Waals surface area contributed by atoms with Crippen LogP contribution >= 0.6 is 0 Å². The number of carbonyl (C=O) groups is 2. The van der Waals surface area contributed by atoms with Gasteiger partial charge < -0.3 is 29.7 Å². The Morgan fingerprint density at radius 1 is 1.22 bits per heavy atom. The molecule has 0 saturated heterocycles. The first-order valence-corrected chi connectivity index (χ1v) is 12.1. The highest BCUT2D eigenvalue weighted by molar-refractivity contribution is 5.98. The standard InChI is InChI=1S/C27H35FN3O6/c1-15-21(16-10-17(28)23-19(11-16)31(8-9-37-23)14-27(5,6)36)18(12-20(32)33)30(7)25(35)22(15)24(34)29-13-26(2,3)4/h10-11H,8-9,12-14H2,1-7H3,(H,29,34)(H,32,33)/q-1. The van der Waals surface area contributed by atoms with Crippen LogP contribution in [-0.4, -0.2) is 53.4 Å². The Bertz CT molecular complexity index is 1290. The molecule has 2 heterocycles. The van der Waals surface area contributed by atoms with E-state index >= 15 is 4.39 Å².